The van der Waals surface area contributed by atoms with E-state index in [0.717, 1.165) is 14.7 Å². The van der Waals surface area contributed by atoms with Crippen LogP contribution in [0.1, 0.15) is 21.5 Å². The van der Waals surface area contributed by atoms with Gasteiger partial charge in [-0.05, 0) is 53.6 Å². The highest BCUT2D eigenvalue weighted by molar-refractivity contribution is 14.1. The van der Waals surface area contributed by atoms with E-state index >= 15 is 0 Å². The quantitative estimate of drug-likeness (QED) is 0.616. The monoisotopic (exact) mass is 291 g/mol. The van der Waals surface area contributed by atoms with Crippen molar-refractivity contribution in [2.45, 2.75) is 13.8 Å². The largest absolute Gasteiger partial charge is 0.478 e. The molecule has 13 heavy (non-hydrogen) atoms. The lowest BCUT2D eigenvalue weighted by atomic mass is 10.0. The second-order valence-corrected chi connectivity index (χ2v) is 4.04. The van der Waals surface area contributed by atoms with Crippen molar-refractivity contribution in [1.82, 2.24) is 0 Å². The molecule has 0 unspecified atom stereocenters. The van der Waals surface area contributed by atoms with E-state index in [1.165, 1.54) is 0 Å². The number of rotatable bonds is 1. The first-order chi connectivity index (χ1) is 5.95. The number of carbonyl (C=O) groups is 1. The summed E-state index contributed by atoms with van der Waals surface area (Å²) in [6.07, 6.45) is 0. The molecule has 0 atom stereocenters. The average molecular weight is 291 g/mol. The normalized spacial score (nSPS) is 10.1. The van der Waals surface area contributed by atoms with E-state index in [-0.39, 0.29) is 5.56 Å². The van der Waals surface area contributed by atoms with Crippen LogP contribution in [-0.2, 0) is 0 Å². The number of hydrogen-bond acceptors (Lipinski definition) is 2. The summed E-state index contributed by atoms with van der Waals surface area (Å²) in [5.41, 5.74) is 8.12. The first-order valence-corrected chi connectivity index (χ1v) is 4.81. The van der Waals surface area contributed by atoms with E-state index in [9.17, 15) is 4.79 Å². The summed E-state index contributed by atoms with van der Waals surface area (Å²) >= 11 is 2.11. The Bertz CT molecular complexity index is 374. The Labute approximate surface area is 90.1 Å². The van der Waals surface area contributed by atoms with Crippen molar-refractivity contribution in [1.29, 1.82) is 0 Å². The van der Waals surface area contributed by atoms with Crippen molar-refractivity contribution in [3.63, 3.8) is 0 Å². The molecular weight excluding hydrogens is 281 g/mol. The molecule has 0 bridgehead atoms. The van der Waals surface area contributed by atoms with Crippen LogP contribution in [0.5, 0.6) is 0 Å². The molecule has 4 heteroatoms. The van der Waals surface area contributed by atoms with E-state index in [0.29, 0.717) is 5.69 Å². The van der Waals surface area contributed by atoms with Gasteiger partial charge in [-0.15, -0.1) is 0 Å². The summed E-state index contributed by atoms with van der Waals surface area (Å²) < 4.78 is 0.932. The highest BCUT2D eigenvalue weighted by Gasteiger charge is 2.13. The molecule has 1 aromatic rings. The Morgan fingerprint density at radius 2 is 2.00 bits per heavy atom. The van der Waals surface area contributed by atoms with Gasteiger partial charge in [0.1, 0.15) is 0 Å². The maximum atomic E-state index is 10.8. The third-order valence-corrected chi connectivity index (χ3v) is 3.24. The molecular formula is C9H10INO2. The van der Waals surface area contributed by atoms with Gasteiger partial charge in [-0.25, -0.2) is 4.79 Å². The number of hydrogen-bond donors (Lipinski definition) is 2. The fraction of sp³-hybridized carbons (Fsp3) is 0.222. The Kier molecular flexibility index (Phi) is 2.80. The number of carboxylic acid groups (broad SMARTS) is 1. The SMILES string of the molecule is Cc1c(I)cc(C(=O)O)c(N)c1C. The van der Waals surface area contributed by atoms with Crippen LogP contribution in [0.25, 0.3) is 0 Å². The lowest BCUT2D eigenvalue weighted by Gasteiger charge is -2.09. The zero-order valence-electron chi connectivity index (χ0n) is 7.39. The lowest BCUT2D eigenvalue weighted by Crippen LogP contribution is -2.06. The fourth-order valence-corrected chi connectivity index (χ4v) is 1.79. The minimum Gasteiger partial charge on any atom is -0.478 e. The number of nitrogens with two attached hydrogens (primary N) is 1. The summed E-state index contributed by atoms with van der Waals surface area (Å²) in [6.45, 7) is 3.76. The van der Waals surface area contributed by atoms with Crippen LogP contribution in [0.15, 0.2) is 6.07 Å². The van der Waals surface area contributed by atoms with Gasteiger partial charge in [0.15, 0.2) is 0 Å². The highest BCUT2D eigenvalue weighted by Crippen LogP contribution is 2.25. The van der Waals surface area contributed by atoms with Gasteiger partial charge < -0.3 is 10.8 Å². The number of carboxylic acids is 1. The minimum absolute atomic E-state index is 0.188. The molecule has 0 aliphatic heterocycles. The zero-order chi connectivity index (χ0) is 10.2. The van der Waals surface area contributed by atoms with Crippen molar-refractivity contribution in [2.24, 2.45) is 0 Å². The van der Waals surface area contributed by atoms with Gasteiger partial charge in [-0.2, -0.15) is 0 Å². The van der Waals surface area contributed by atoms with E-state index in [4.69, 9.17) is 10.8 Å². The second kappa shape index (κ2) is 3.53. The smallest absolute Gasteiger partial charge is 0.337 e. The summed E-state index contributed by atoms with van der Waals surface area (Å²) in [7, 11) is 0. The third-order valence-electron chi connectivity index (χ3n) is 2.12. The summed E-state index contributed by atoms with van der Waals surface area (Å²) in [5.74, 6) is -0.974. The first-order valence-electron chi connectivity index (χ1n) is 3.73. The Hall–Kier alpha value is -0.780. The van der Waals surface area contributed by atoms with Gasteiger partial charge >= 0.3 is 5.97 Å². The molecule has 0 aliphatic carbocycles. The predicted molar refractivity (Wildman–Crippen MR) is 60.0 cm³/mol. The molecule has 70 valence electrons. The standard InChI is InChI=1S/C9H10INO2/c1-4-5(2)8(11)6(9(12)13)3-7(4)10/h3H,11H2,1-2H3,(H,12,13). The molecule has 0 saturated carbocycles. The molecule has 0 fully saturated rings. The van der Waals surface area contributed by atoms with E-state index in [1.807, 2.05) is 13.8 Å². The van der Waals surface area contributed by atoms with Crippen LogP contribution in [0.4, 0.5) is 5.69 Å². The number of benzene rings is 1. The number of nitrogen functional groups attached to an aromatic ring is 1. The molecule has 0 heterocycles. The van der Waals surface area contributed by atoms with Gasteiger partial charge in [-0.1, -0.05) is 0 Å². The van der Waals surface area contributed by atoms with Gasteiger partial charge in [0.25, 0.3) is 0 Å². The second-order valence-electron chi connectivity index (χ2n) is 2.87. The molecule has 3 N–H and O–H groups in total. The molecule has 0 saturated heterocycles. The Balaban J connectivity index is 3.50. The van der Waals surface area contributed by atoms with Crippen molar-refractivity contribution in [2.75, 3.05) is 5.73 Å². The van der Waals surface area contributed by atoms with Gasteiger partial charge in [0.2, 0.25) is 0 Å². The van der Waals surface area contributed by atoms with Crippen LogP contribution < -0.4 is 5.73 Å². The average Bonchev–Trinajstić information content (AvgIpc) is 2.07. The fourth-order valence-electron chi connectivity index (χ4n) is 1.07. The number of anilines is 1. The third kappa shape index (κ3) is 1.77. The van der Waals surface area contributed by atoms with Crippen LogP contribution >= 0.6 is 22.6 Å². The van der Waals surface area contributed by atoms with Gasteiger partial charge in [0.05, 0.1) is 5.56 Å². The molecule has 0 radical (unpaired) electrons. The van der Waals surface area contributed by atoms with Crippen molar-refractivity contribution >= 4 is 34.2 Å². The summed E-state index contributed by atoms with van der Waals surface area (Å²) in [5, 5.41) is 8.82. The van der Waals surface area contributed by atoms with Crippen LogP contribution in [0, 0.1) is 17.4 Å². The maximum absolute atomic E-state index is 10.8. The minimum atomic E-state index is -0.974. The van der Waals surface area contributed by atoms with Crippen LogP contribution in [0.3, 0.4) is 0 Å². The van der Waals surface area contributed by atoms with E-state index in [1.54, 1.807) is 6.07 Å². The van der Waals surface area contributed by atoms with Crippen LogP contribution in [-0.4, -0.2) is 11.1 Å². The zero-order valence-corrected chi connectivity index (χ0v) is 9.55. The molecule has 0 spiro atoms. The number of halogens is 1. The van der Waals surface area contributed by atoms with E-state index < -0.39 is 5.97 Å². The topological polar surface area (TPSA) is 63.3 Å². The Morgan fingerprint density at radius 1 is 1.46 bits per heavy atom. The Morgan fingerprint density at radius 3 is 2.46 bits per heavy atom. The van der Waals surface area contributed by atoms with Gasteiger partial charge in [-0.3, -0.25) is 0 Å². The molecule has 0 aromatic heterocycles. The van der Waals surface area contributed by atoms with Crippen molar-refractivity contribution in [3.8, 4) is 0 Å². The summed E-state index contributed by atoms with van der Waals surface area (Å²) in [6, 6.07) is 1.60. The molecule has 3 nitrogen and oxygen atoms in total. The molecule has 1 rings (SSSR count). The van der Waals surface area contributed by atoms with Crippen LogP contribution in [0.2, 0.25) is 0 Å². The molecule has 1 aromatic carbocycles. The highest BCUT2D eigenvalue weighted by atomic mass is 127. The number of aromatic carboxylic acids is 1. The van der Waals surface area contributed by atoms with Crippen molar-refractivity contribution < 1.29 is 9.90 Å². The summed E-state index contributed by atoms with van der Waals surface area (Å²) in [4.78, 5) is 10.8. The first kappa shape index (κ1) is 10.3. The molecule has 0 aliphatic rings. The predicted octanol–water partition coefficient (Wildman–Crippen LogP) is 2.19. The molecule has 0 amide bonds. The van der Waals surface area contributed by atoms with Crippen molar-refractivity contribution in [3.05, 3.63) is 26.3 Å². The lowest BCUT2D eigenvalue weighted by molar-refractivity contribution is 0.0698. The maximum Gasteiger partial charge on any atom is 0.337 e. The van der Waals surface area contributed by atoms with E-state index in [2.05, 4.69) is 22.6 Å². The van der Waals surface area contributed by atoms with Gasteiger partial charge in [0, 0.05) is 9.26 Å².